The van der Waals surface area contributed by atoms with Gasteiger partial charge in [0.15, 0.2) is 25.9 Å². The molecule has 3 rings (SSSR count). The Morgan fingerprint density at radius 2 is 1.88 bits per heavy atom. The topological polar surface area (TPSA) is 112 Å². The molecular weight excluding hydrogens is 442 g/mol. The van der Waals surface area contributed by atoms with E-state index >= 15 is 0 Å². The number of ether oxygens (including phenoxy) is 4. The molecule has 1 aromatic rings. The first-order valence-corrected chi connectivity index (χ1v) is 14.1. The molecule has 0 spiro atoms. The van der Waals surface area contributed by atoms with Crippen LogP contribution in [0.15, 0.2) is 35.4 Å². The summed E-state index contributed by atoms with van der Waals surface area (Å²) in [5, 5.41) is 3.81. The number of carbonyl (C=O) groups is 1. The minimum atomic E-state index is -2.26. The number of hydrogen-bond acceptors (Lipinski definition) is 7. The molecule has 2 aliphatic rings. The highest BCUT2D eigenvalue weighted by molar-refractivity contribution is 6.74. The minimum absolute atomic E-state index is 0.0928. The number of nitrogens with zero attached hydrogens (tertiary/aromatic N) is 3. The second kappa shape index (κ2) is 9.46. The van der Waals surface area contributed by atoms with Crippen molar-refractivity contribution in [2.75, 3.05) is 6.61 Å². The highest BCUT2D eigenvalue weighted by Crippen LogP contribution is 2.44. The molecule has 2 aliphatic heterocycles. The molecule has 0 saturated carbocycles. The van der Waals surface area contributed by atoms with Gasteiger partial charge in [-0.2, -0.15) is 0 Å². The van der Waals surface area contributed by atoms with Crippen LogP contribution in [0.1, 0.15) is 40.2 Å². The summed E-state index contributed by atoms with van der Waals surface area (Å²) in [6, 6.07) is 9.66. The molecule has 0 unspecified atom stereocenters. The normalized spacial score (nSPS) is 28.6. The third-order valence-corrected chi connectivity index (χ3v) is 11.2. The number of azide groups is 1. The predicted molar refractivity (Wildman–Crippen MR) is 125 cm³/mol. The van der Waals surface area contributed by atoms with Gasteiger partial charge in [-0.15, -0.1) is 0 Å². The number of rotatable bonds is 9. The van der Waals surface area contributed by atoms with Crippen LogP contribution in [0.4, 0.5) is 0 Å². The van der Waals surface area contributed by atoms with Crippen LogP contribution in [-0.4, -0.2) is 57.1 Å². The summed E-state index contributed by atoms with van der Waals surface area (Å²) in [7, 11) is -2.26. The Morgan fingerprint density at radius 3 is 2.45 bits per heavy atom. The zero-order valence-electron chi connectivity index (χ0n) is 20.5. The van der Waals surface area contributed by atoms with Crippen LogP contribution < -0.4 is 0 Å². The van der Waals surface area contributed by atoms with E-state index < -0.39 is 44.2 Å². The Bertz CT molecular complexity index is 884. The van der Waals surface area contributed by atoms with Gasteiger partial charge < -0.3 is 28.2 Å². The number of fused-ring (bicyclic) bond motifs is 1. The summed E-state index contributed by atoms with van der Waals surface area (Å²) >= 11 is 0. The van der Waals surface area contributed by atoms with Crippen molar-refractivity contribution in [1.29, 1.82) is 0 Å². The van der Waals surface area contributed by atoms with Gasteiger partial charge in [0.05, 0.1) is 13.2 Å². The quantitative estimate of drug-likeness (QED) is 0.167. The van der Waals surface area contributed by atoms with Crippen molar-refractivity contribution in [3.8, 4) is 0 Å². The summed E-state index contributed by atoms with van der Waals surface area (Å²) in [6.45, 7) is 14.2. The Hall–Kier alpha value is -1.78. The second-order valence-electron chi connectivity index (χ2n) is 10.6. The van der Waals surface area contributed by atoms with E-state index in [9.17, 15) is 10.3 Å². The number of hydrogen-bond donors (Lipinski definition) is 0. The molecule has 9 nitrogen and oxygen atoms in total. The maximum Gasteiger partial charge on any atom is 0.192 e. The lowest BCUT2D eigenvalue weighted by molar-refractivity contribution is -0.226. The summed E-state index contributed by atoms with van der Waals surface area (Å²) < 4.78 is 30.7. The third kappa shape index (κ3) is 5.49. The second-order valence-corrected chi connectivity index (χ2v) is 15.4. The SMILES string of the molecule is CC1(C)O[C@H]2O[C@H]([C@](C=O)(CO[Si](C)(C)C(C)(C)C)N=[N+]=[N-])[C@H](OCc3ccccc3)[C@H]2O1. The molecule has 0 amide bonds. The van der Waals surface area contributed by atoms with Crippen molar-refractivity contribution >= 4 is 14.6 Å². The van der Waals surface area contributed by atoms with Gasteiger partial charge in [-0.05, 0) is 43.1 Å². The summed E-state index contributed by atoms with van der Waals surface area (Å²) in [5.41, 5.74) is 8.68. The molecule has 2 saturated heterocycles. The third-order valence-electron chi connectivity index (χ3n) is 6.67. The zero-order valence-corrected chi connectivity index (χ0v) is 21.5. The first-order chi connectivity index (χ1) is 15.3. The lowest BCUT2D eigenvalue weighted by atomic mass is 9.91. The molecule has 1 aromatic carbocycles. The first-order valence-electron chi connectivity index (χ1n) is 11.2. The van der Waals surface area contributed by atoms with Crippen molar-refractivity contribution in [2.45, 2.75) is 95.3 Å². The Morgan fingerprint density at radius 1 is 1.21 bits per heavy atom. The van der Waals surface area contributed by atoms with Crippen LogP contribution in [-0.2, 0) is 34.8 Å². The Kier molecular flexibility index (Phi) is 7.41. The maximum atomic E-state index is 12.5. The average molecular weight is 478 g/mol. The van der Waals surface area contributed by atoms with E-state index in [1.54, 1.807) is 13.8 Å². The van der Waals surface area contributed by atoms with Crippen LogP contribution in [0, 0.1) is 0 Å². The first kappa shape index (κ1) is 25.8. The summed E-state index contributed by atoms with van der Waals surface area (Å²) in [6.07, 6.45) is -2.39. The Balaban J connectivity index is 1.91. The fourth-order valence-corrected chi connectivity index (χ4v) is 4.74. The minimum Gasteiger partial charge on any atom is -0.416 e. The molecule has 0 bridgehead atoms. The molecule has 0 radical (unpaired) electrons. The van der Waals surface area contributed by atoms with Crippen LogP contribution in [0.2, 0.25) is 18.1 Å². The lowest BCUT2D eigenvalue weighted by Gasteiger charge is -2.40. The van der Waals surface area contributed by atoms with E-state index in [-0.39, 0.29) is 18.3 Å². The highest BCUT2D eigenvalue weighted by atomic mass is 28.4. The smallest absolute Gasteiger partial charge is 0.192 e. The Labute approximate surface area is 196 Å². The molecule has 10 heteroatoms. The van der Waals surface area contributed by atoms with Crippen molar-refractivity contribution in [3.05, 3.63) is 46.3 Å². The van der Waals surface area contributed by atoms with E-state index in [0.29, 0.717) is 6.29 Å². The molecule has 33 heavy (non-hydrogen) atoms. The predicted octanol–water partition coefficient (Wildman–Crippen LogP) is 4.72. The van der Waals surface area contributed by atoms with E-state index in [1.807, 2.05) is 30.3 Å². The van der Waals surface area contributed by atoms with E-state index in [1.165, 1.54) is 0 Å². The van der Waals surface area contributed by atoms with Crippen molar-refractivity contribution < 1.29 is 28.2 Å². The number of aldehydes is 1. The summed E-state index contributed by atoms with van der Waals surface area (Å²) in [4.78, 5) is 15.5. The van der Waals surface area contributed by atoms with E-state index in [2.05, 4.69) is 43.9 Å². The highest BCUT2D eigenvalue weighted by Gasteiger charge is 2.61. The standard InChI is InChI=1S/C23H35N3O6Si/c1-21(2,3)33(6,7)29-15-23(14-27,25-26-24)19-17(28-13-16-11-9-8-10-12-16)18-20(30-19)32-22(4,5)31-18/h8-12,14,17-20H,13,15H2,1-7H3/t17-,18-,19+,20-,23+/m1/s1. The average Bonchev–Trinajstić information content (AvgIpc) is 3.21. The number of benzene rings is 1. The van der Waals surface area contributed by atoms with Crippen molar-refractivity contribution in [2.24, 2.45) is 5.11 Å². The largest absolute Gasteiger partial charge is 0.416 e. The van der Waals surface area contributed by atoms with Crippen LogP contribution in [0.25, 0.3) is 10.4 Å². The van der Waals surface area contributed by atoms with Crippen LogP contribution in [0.3, 0.4) is 0 Å². The molecule has 182 valence electrons. The van der Waals surface area contributed by atoms with Gasteiger partial charge in [-0.1, -0.05) is 56.2 Å². The van der Waals surface area contributed by atoms with Gasteiger partial charge in [0.25, 0.3) is 0 Å². The summed E-state index contributed by atoms with van der Waals surface area (Å²) in [5.74, 6) is -0.866. The zero-order chi connectivity index (χ0) is 24.5. The van der Waals surface area contributed by atoms with Crippen molar-refractivity contribution in [3.63, 3.8) is 0 Å². The van der Waals surface area contributed by atoms with E-state index in [0.717, 1.165) is 5.56 Å². The number of carbonyl (C=O) groups excluding carboxylic acids is 1. The molecule has 0 aliphatic carbocycles. The monoisotopic (exact) mass is 477 g/mol. The van der Waals surface area contributed by atoms with Gasteiger partial charge in [0, 0.05) is 4.91 Å². The molecule has 2 fully saturated rings. The van der Waals surface area contributed by atoms with Gasteiger partial charge in [-0.3, -0.25) is 0 Å². The molecule has 5 atom stereocenters. The molecule has 0 N–H and O–H groups in total. The fourth-order valence-electron chi connectivity index (χ4n) is 3.72. The maximum absolute atomic E-state index is 12.5. The molecule has 2 heterocycles. The van der Waals surface area contributed by atoms with Gasteiger partial charge in [-0.25, -0.2) is 0 Å². The van der Waals surface area contributed by atoms with Crippen LogP contribution in [0.5, 0.6) is 0 Å². The van der Waals surface area contributed by atoms with E-state index in [4.69, 9.17) is 23.4 Å². The van der Waals surface area contributed by atoms with Crippen molar-refractivity contribution in [1.82, 2.24) is 0 Å². The fraction of sp³-hybridized carbons (Fsp3) is 0.696. The lowest BCUT2D eigenvalue weighted by Crippen LogP contribution is -2.56. The molecule has 0 aromatic heterocycles. The van der Waals surface area contributed by atoms with Gasteiger partial charge in [0.2, 0.25) is 0 Å². The molecular formula is C23H35N3O6Si. The van der Waals surface area contributed by atoms with Gasteiger partial charge in [0.1, 0.15) is 24.6 Å². The van der Waals surface area contributed by atoms with Crippen LogP contribution >= 0.6 is 0 Å². The van der Waals surface area contributed by atoms with Gasteiger partial charge >= 0.3 is 0 Å².